The van der Waals surface area contributed by atoms with Gasteiger partial charge in [-0.2, -0.15) is 43.9 Å². The fraction of sp³-hybridized carbons (Fsp3) is 1.00. The van der Waals surface area contributed by atoms with Crippen molar-refractivity contribution in [2.75, 3.05) is 13.2 Å². The van der Waals surface area contributed by atoms with Gasteiger partial charge in [-0.3, -0.25) is 0 Å². The summed E-state index contributed by atoms with van der Waals surface area (Å²) in [5.74, 6) is -18.6. The van der Waals surface area contributed by atoms with Crippen LogP contribution in [0, 0.1) is 0 Å². The van der Waals surface area contributed by atoms with Crippen LogP contribution >= 0.6 is 0 Å². The average molecular weight is 310 g/mol. The molecule has 1 fully saturated rings. The van der Waals surface area contributed by atoms with Gasteiger partial charge in [0.15, 0.2) is 0 Å². The van der Waals surface area contributed by atoms with Crippen LogP contribution in [-0.4, -0.2) is 43.2 Å². The highest BCUT2D eigenvalue weighted by Crippen LogP contribution is 2.58. The molecular formula is C7H4F10O2. The molecule has 0 N–H and O–H groups in total. The molecule has 1 saturated heterocycles. The Morgan fingerprint density at radius 3 is 1.05 bits per heavy atom. The first-order valence-corrected chi connectivity index (χ1v) is 4.38. The second kappa shape index (κ2) is 4.11. The number of ether oxygens (including phenoxy) is 2. The predicted octanol–water partition coefficient (Wildman–Crippen LogP) is 3.12. The molecule has 0 radical (unpaired) electrons. The topological polar surface area (TPSA) is 18.5 Å². The van der Waals surface area contributed by atoms with Crippen molar-refractivity contribution in [3.63, 3.8) is 0 Å². The smallest absolute Gasteiger partial charge is 0.337 e. The molecule has 12 heteroatoms. The molecule has 2 nitrogen and oxygen atoms in total. The highest BCUT2D eigenvalue weighted by molar-refractivity contribution is 5.06. The summed E-state index contributed by atoms with van der Waals surface area (Å²) >= 11 is 0. The van der Waals surface area contributed by atoms with Gasteiger partial charge in [0.1, 0.15) is 0 Å². The molecule has 0 aromatic carbocycles. The highest BCUT2D eigenvalue weighted by Gasteiger charge is 2.88. The third-order valence-corrected chi connectivity index (χ3v) is 2.23. The highest BCUT2D eigenvalue weighted by atomic mass is 19.4. The van der Waals surface area contributed by atoms with Crippen LogP contribution in [0.15, 0.2) is 0 Å². The molecular weight excluding hydrogens is 306 g/mol. The average Bonchev–Trinajstić information content (AvgIpc) is 2.63. The van der Waals surface area contributed by atoms with Crippen molar-refractivity contribution >= 4 is 0 Å². The maximum Gasteiger partial charge on any atom is 0.459 e. The van der Waals surface area contributed by atoms with Crippen molar-refractivity contribution < 1.29 is 53.4 Å². The molecule has 0 aromatic rings. The molecule has 0 spiro atoms. The molecule has 1 aliphatic rings. The zero-order valence-electron chi connectivity index (χ0n) is 8.51. The summed E-state index contributed by atoms with van der Waals surface area (Å²) < 4.78 is 131. The van der Waals surface area contributed by atoms with Crippen LogP contribution in [0.1, 0.15) is 0 Å². The molecule has 114 valence electrons. The Hall–Kier alpha value is -0.780. The van der Waals surface area contributed by atoms with E-state index in [1.807, 2.05) is 0 Å². The largest absolute Gasteiger partial charge is 0.459 e. The van der Waals surface area contributed by atoms with Crippen LogP contribution in [-0.2, 0) is 9.47 Å². The molecule has 0 saturated carbocycles. The molecule has 0 unspecified atom stereocenters. The van der Waals surface area contributed by atoms with E-state index in [0.29, 0.717) is 0 Å². The molecule has 0 atom stereocenters. The minimum atomic E-state index is -6.72. The quantitative estimate of drug-likeness (QED) is 0.730. The first kappa shape index (κ1) is 16.3. The monoisotopic (exact) mass is 310 g/mol. The number of hydrogen-bond donors (Lipinski definition) is 0. The lowest BCUT2D eigenvalue weighted by Gasteiger charge is -2.40. The molecule has 0 amide bonds. The van der Waals surface area contributed by atoms with Crippen LogP contribution in [0.4, 0.5) is 43.9 Å². The second-order valence-corrected chi connectivity index (χ2v) is 3.46. The Morgan fingerprint density at radius 2 is 0.842 bits per heavy atom. The van der Waals surface area contributed by atoms with E-state index in [0.717, 1.165) is 0 Å². The first-order valence-electron chi connectivity index (χ1n) is 4.38. The van der Waals surface area contributed by atoms with Gasteiger partial charge in [0.05, 0.1) is 13.2 Å². The van der Waals surface area contributed by atoms with Gasteiger partial charge >= 0.3 is 30.0 Å². The van der Waals surface area contributed by atoms with E-state index in [-0.39, 0.29) is 0 Å². The van der Waals surface area contributed by atoms with E-state index in [1.54, 1.807) is 0 Å². The van der Waals surface area contributed by atoms with Crippen molar-refractivity contribution in [2.24, 2.45) is 0 Å². The van der Waals surface area contributed by atoms with E-state index in [4.69, 9.17) is 0 Å². The van der Waals surface area contributed by atoms with Gasteiger partial charge in [-0.25, -0.2) is 0 Å². The van der Waals surface area contributed by atoms with Gasteiger partial charge in [-0.05, 0) is 0 Å². The van der Waals surface area contributed by atoms with Crippen molar-refractivity contribution in [2.45, 2.75) is 30.0 Å². The Balaban J connectivity index is 3.43. The lowest BCUT2D eigenvalue weighted by Crippen LogP contribution is -2.70. The van der Waals surface area contributed by atoms with Gasteiger partial charge < -0.3 is 9.47 Å². The van der Waals surface area contributed by atoms with Gasteiger partial charge in [0.2, 0.25) is 0 Å². The van der Waals surface area contributed by atoms with Crippen LogP contribution in [0.5, 0.6) is 0 Å². The van der Waals surface area contributed by atoms with Crippen LogP contribution in [0.3, 0.4) is 0 Å². The molecule has 0 bridgehead atoms. The maximum absolute atomic E-state index is 13.0. The van der Waals surface area contributed by atoms with Crippen LogP contribution in [0.25, 0.3) is 0 Å². The summed E-state index contributed by atoms with van der Waals surface area (Å²) in [6, 6.07) is 0. The van der Waals surface area contributed by atoms with Crippen LogP contribution in [0.2, 0.25) is 0 Å². The van der Waals surface area contributed by atoms with Gasteiger partial charge in [0.25, 0.3) is 0 Å². The van der Waals surface area contributed by atoms with Gasteiger partial charge in [0, 0.05) is 0 Å². The lowest BCUT2D eigenvalue weighted by atomic mass is 9.99. The molecule has 1 rings (SSSR count). The lowest BCUT2D eigenvalue weighted by molar-refractivity contribution is -0.474. The Morgan fingerprint density at radius 1 is 0.579 bits per heavy atom. The number of alkyl halides is 10. The summed E-state index contributed by atoms with van der Waals surface area (Å²) in [6.45, 7) is -2.53. The van der Waals surface area contributed by atoms with E-state index in [9.17, 15) is 43.9 Å². The maximum atomic E-state index is 13.0. The summed E-state index contributed by atoms with van der Waals surface area (Å²) in [7, 11) is 0. The predicted molar refractivity (Wildman–Crippen MR) is 36.6 cm³/mol. The standard InChI is InChI=1S/C7H4F10O2/c8-3(9,6(12,13)14)5(18-1-2-19-5)4(10,11)7(15,16)17/h1-2H2. The Bertz CT molecular complexity index is 309. The molecule has 19 heavy (non-hydrogen) atoms. The number of hydrogen-bond acceptors (Lipinski definition) is 2. The summed E-state index contributed by atoms with van der Waals surface area (Å²) in [6.07, 6.45) is -13.4. The van der Waals surface area contributed by atoms with E-state index in [2.05, 4.69) is 9.47 Å². The van der Waals surface area contributed by atoms with Crippen LogP contribution < -0.4 is 0 Å². The third-order valence-electron chi connectivity index (χ3n) is 2.23. The van der Waals surface area contributed by atoms with Crippen molar-refractivity contribution in [3.05, 3.63) is 0 Å². The van der Waals surface area contributed by atoms with Gasteiger partial charge in [-0.1, -0.05) is 0 Å². The van der Waals surface area contributed by atoms with E-state index < -0.39 is 43.2 Å². The minimum absolute atomic E-state index is 1.27. The van der Waals surface area contributed by atoms with Gasteiger partial charge in [-0.15, -0.1) is 0 Å². The van der Waals surface area contributed by atoms with Crippen molar-refractivity contribution in [1.29, 1.82) is 0 Å². The molecule has 1 heterocycles. The molecule has 0 aromatic heterocycles. The summed E-state index contributed by atoms with van der Waals surface area (Å²) in [5.41, 5.74) is 0. The van der Waals surface area contributed by atoms with E-state index in [1.165, 1.54) is 0 Å². The number of rotatable bonds is 2. The van der Waals surface area contributed by atoms with Crippen molar-refractivity contribution in [1.82, 2.24) is 0 Å². The third kappa shape index (κ3) is 2.04. The number of halogens is 10. The second-order valence-electron chi connectivity index (χ2n) is 3.46. The Labute approximate surface area is 97.8 Å². The Kier molecular flexibility index (Phi) is 3.52. The summed E-state index contributed by atoms with van der Waals surface area (Å²) in [4.78, 5) is 0. The fourth-order valence-corrected chi connectivity index (χ4v) is 1.35. The first-order chi connectivity index (χ1) is 8.21. The minimum Gasteiger partial charge on any atom is -0.337 e. The normalized spacial score (nSPS) is 21.8. The summed E-state index contributed by atoms with van der Waals surface area (Å²) in [5, 5.41) is 0. The molecule has 0 aliphatic carbocycles. The fourth-order valence-electron chi connectivity index (χ4n) is 1.35. The van der Waals surface area contributed by atoms with E-state index >= 15 is 0 Å². The molecule has 1 aliphatic heterocycles. The zero-order chi connectivity index (χ0) is 15.3. The zero-order valence-corrected chi connectivity index (χ0v) is 8.51. The SMILES string of the molecule is FC(F)(F)C(F)(F)C1(C(F)(F)C(F)(F)F)OCCO1. The van der Waals surface area contributed by atoms with Crippen molar-refractivity contribution in [3.8, 4) is 0 Å².